The minimum Gasteiger partial charge on any atom is -0.461 e. The fourth-order valence-corrected chi connectivity index (χ4v) is 4.13. The van der Waals surface area contributed by atoms with Crippen LogP contribution in [0.15, 0.2) is 0 Å². The molecule has 0 aromatic rings. The van der Waals surface area contributed by atoms with E-state index in [0.717, 1.165) is 0 Å². The standard InChI is InChI=1S/C18H32O7S/c1-9(2)13(22-17(20)14(10(3)4)26-25-24-21)12-16(19)23-15(11(5)6)18(12,7)8/h9-15,21H,1-8H3. The van der Waals surface area contributed by atoms with Gasteiger partial charge in [0.15, 0.2) is 0 Å². The fourth-order valence-electron chi connectivity index (χ4n) is 3.66. The molecule has 26 heavy (non-hydrogen) atoms. The molecule has 0 spiro atoms. The largest absolute Gasteiger partial charge is 0.461 e. The van der Waals surface area contributed by atoms with E-state index in [2.05, 4.69) is 9.37 Å². The first kappa shape index (κ1) is 23.2. The third kappa shape index (κ3) is 5.12. The van der Waals surface area contributed by atoms with Crippen LogP contribution in [0.4, 0.5) is 0 Å². The molecule has 4 atom stereocenters. The Bertz CT molecular complexity index is 490. The monoisotopic (exact) mass is 392 g/mol. The molecule has 7 nitrogen and oxygen atoms in total. The predicted molar refractivity (Wildman–Crippen MR) is 97.7 cm³/mol. The molecule has 1 aliphatic heterocycles. The quantitative estimate of drug-likeness (QED) is 0.274. The molecule has 0 bridgehead atoms. The fraction of sp³-hybridized carbons (Fsp3) is 0.889. The molecule has 4 unspecified atom stereocenters. The molecule has 1 saturated heterocycles. The zero-order valence-corrected chi connectivity index (χ0v) is 17.7. The molecule has 1 heterocycles. The van der Waals surface area contributed by atoms with Crippen molar-refractivity contribution in [3.8, 4) is 0 Å². The van der Waals surface area contributed by atoms with Crippen molar-refractivity contribution in [3.05, 3.63) is 0 Å². The smallest absolute Gasteiger partial charge is 0.322 e. The van der Waals surface area contributed by atoms with Gasteiger partial charge in [-0.1, -0.05) is 60.4 Å². The molecule has 0 aromatic carbocycles. The molecule has 0 saturated carbocycles. The van der Waals surface area contributed by atoms with Gasteiger partial charge in [0.2, 0.25) is 0 Å². The molecule has 0 amide bonds. The summed E-state index contributed by atoms with van der Waals surface area (Å²) in [6.45, 7) is 15.5. The zero-order valence-electron chi connectivity index (χ0n) is 16.8. The van der Waals surface area contributed by atoms with Crippen LogP contribution in [0.1, 0.15) is 55.4 Å². The van der Waals surface area contributed by atoms with E-state index in [1.165, 1.54) is 0 Å². The lowest BCUT2D eigenvalue weighted by Gasteiger charge is -2.36. The summed E-state index contributed by atoms with van der Waals surface area (Å²) in [4.78, 5) is 25.3. The average molecular weight is 393 g/mol. The van der Waals surface area contributed by atoms with Crippen molar-refractivity contribution in [1.82, 2.24) is 0 Å². The Morgan fingerprint density at radius 3 is 2.12 bits per heavy atom. The molecule has 1 fully saturated rings. The minimum atomic E-state index is -0.704. The minimum absolute atomic E-state index is 0.0745. The van der Waals surface area contributed by atoms with Gasteiger partial charge in [0, 0.05) is 5.41 Å². The maximum atomic E-state index is 12.7. The van der Waals surface area contributed by atoms with Crippen LogP contribution in [0.5, 0.6) is 0 Å². The number of ether oxygens (including phenoxy) is 2. The van der Waals surface area contributed by atoms with Crippen LogP contribution in [0.25, 0.3) is 0 Å². The Hall–Kier alpha value is -0.830. The van der Waals surface area contributed by atoms with Gasteiger partial charge in [-0.2, -0.15) is 0 Å². The Morgan fingerprint density at radius 2 is 1.73 bits per heavy atom. The number of cyclic esters (lactones) is 1. The van der Waals surface area contributed by atoms with Crippen LogP contribution < -0.4 is 0 Å². The summed E-state index contributed by atoms with van der Waals surface area (Å²) >= 11 is 0.677. The normalized spacial score (nSPS) is 24.8. The summed E-state index contributed by atoms with van der Waals surface area (Å²) in [7, 11) is 0. The van der Waals surface area contributed by atoms with Crippen LogP contribution in [0, 0.1) is 29.1 Å². The van der Waals surface area contributed by atoms with Gasteiger partial charge in [-0.3, -0.25) is 9.59 Å². The number of carbonyl (C=O) groups is 2. The highest BCUT2D eigenvalue weighted by Gasteiger charge is 2.57. The average Bonchev–Trinajstić information content (AvgIpc) is 2.74. The molecule has 0 aliphatic carbocycles. The van der Waals surface area contributed by atoms with Crippen LogP contribution in [0.2, 0.25) is 0 Å². The number of rotatable bonds is 9. The molecular weight excluding hydrogens is 360 g/mol. The van der Waals surface area contributed by atoms with E-state index >= 15 is 0 Å². The van der Waals surface area contributed by atoms with Gasteiger partial charge in [0.1, 0.15) is 23.4 Å². The maximum Gasteiger partial charge on any atom is 0.322 e. The van der Waals surface area contributed by atoms with Gasteiger partial charge >= 0.3 is 11.9 Å². The van der Waals surface area contributed by atoms with Crippen LogP contribution in [-0.2, 0) is 28.4 Å². The highest BCUT2D eigenvalue weighted by molar-refractivity contribution is 7.95. The molecule has 0 aromatic heterocycles. The van der Waals surface area contributed by atoms with Crippen molar-refractivity contribution >= 4 is 24.0 Å². The lowest BCUT2D eigenvalue weighted by molar-refractivity contribution is -0.432. The van der Waals surface area contributed by atoms with E-state index < -0.39 is 28.7 Å². The summed E-state index contributed by atoms with van der Waals surface area (Å²) in [6, 6.07) is 0. The zero-order chi connectivity index (χ0) is 20.2. The van der Waals surface area contributed by atoms with E-state index in [4.69, 9.17) is 14.7 Å². The molecule has 0 radical (unpaired) electrons. The molecule has 8 heteroatoms. The van der Waals surface area contributed by atoms with Crippen LogP contribution in [0.3, 0.4) is 0 Å². The lowest BCUT2D eigenvalue weighted by atomic mass is 9.69. The van der Waals surface area contributed by atoms with Gasteiger partial charge in [-0.05, 0) is 17.8 Å². The SMILES string of the molecule is CC(C)C(SOOO)C(=O)OC(C(C)C)C1C(=O)OC(C(C)C)C1(C)C. The first-order valence-electron chi connectivity index (χ1n) is 8.99. The number of carbonyl (C=O) groups excluding carboxylic acids is 2. The van der Waals surface area contributed by atoms with Crippen molar-refractivity contribution in [2.45, 2.75) is 72.8 Å². The summed E-state index contributed by atoms with van der Waals surface area (Å²) in [5.41, 5.74) is -0.467. The summed E-state index contributed by atoms with van der Waals surface area (Å²) < 4.78 is 15.8. The van der Waals surface area contributed by atoms with Crippen molar-refractivity contribution in [2.75, 3.05) is 0 Å². The van der Waals surface area contributed by atoms with Crippen molar-refractivity contribution in [3.63, 3.8) is 0 Å². The lowest BCUT2D eigenvalue weighted by Crippen LogP contribution is -2.45. The van der Waals surface area contributed by atoms with E-state index in [1.807, 2.05) is 55.4 Å². The Labute approximate surface area is 160 Å². The van der Waals surface area contributed by atoms with E-state index in [9.17, 15) is 9.59 Å². The van der Waals surface area contributed by atoms with E-state index in [0.29, 0.717) is 12.0 Å². The Morgan fingerprint density at radius 1 is 1.15 bits per heavy atom. The predicted octanol–water partition coefficient (Wildman–Crippen LogP) is 3.87. The summed E-state index contributed by atoms with van der Waals surface area (Å²) in [6.07, 6.45) is -0.855. The number of hydrogen-bond acceptors (Lipinski definition) is 8. The van der Waals surface area contributed by atoms with Crippen molar-refractivity contribution in [1.29, 1.82) is 0 Å². The third-order valence-corrected chi connectivity index (χ3v) is 5.97. The first-order valence-corrected chi connectivity index (χ1v) is 9.80. The molecule has 1 N–H and O–H groups in total. The van der Waals surface area contributed by atoms with Crippen LogP contribution >= 0.6 is 12.0 Å². The number of hydrogen-bond donors (Lipinski definition) is 1. The van der Waals surface area contributed by atoms with Gasteiger partial charge in [-0.15, -0.1) is 4.33 Å². The first-order chi connectivity index (χ1) is 11.9. The van der Waals surface area contributed by atoms with E-state index in [-0.39, 0.29) is 29.8 Å². The summed E-state index contributed by atoms with van der Waals surface area (Å²) in [5.74, 6) is -1.43. The summed E-state index contributed by atoms with van der Waals surface area (Å²) in [5, 5.41) is 11.2. The van der Waals surface area contributed by atoms with Crippen LogP contribution in [-0.4, -0.2) is 34.7 Å². The van der Waals surface area contributed by atoms with Gasteiger partial charge < -0.3 is 9.47 Å². The number of esters is 2. The van der Waals surface area contributed by atoms with Gasteiger partial charge in [0.25, 0.3) is 0 Å². The topological polar surface area (TPSA) is 91.3 Å². The van der Waals surface area contributed by atoms with Crippen molar-refractivity contribution in [2.24, 2.45) is 29.1 Å². The highest BCUT2D eigenvalue weighted by Crippen LogP contribution is 2.47. The molecule has 1 rings (SSSR count). The Kier molecular flexibility index (Phi) is 8.38. The highest BCUT2D eigenvalue weighted by atomic mass is 32.2. The van der Waals surface area contributed by atoms with Gasteiger partial charge in [0.05, 0.1) is 12.0 Å². The second kappa shape index (κ2) is 9.39. The molecular formula is C18H32O7S. The molecule has 1 aliphatic rings. The maximum absolute atomic E-state index is 12.7. The van der Waals surface area contributed by atoms with Crippen molar-refractivity contribution < 1.29 is 33.7 Å². The molecule has 152 valence electrons. The third-order valence-electron chi connectivity index (χ3n) is 4.89. The van der Waals surface area contributed by atoms with E-state index in [1.54, 1.807) is 0 Å². The Balaban J connectivity index is 3.05. The second-order valence-corrected chi connectivity index (χ2v) is 9.29. The second-order valence-electron chi connectivity index (χ2n) is 8.45. The van der Waals surface area contributed by atoms with Gasteiger partial charge in [-0.25, -0.2) is 5.26 Å².